The molecule has 0 radical (unpaired) electrons. The number of aliphatic carboxylic acids is 2. The summed E-state index contributed by atoms with van der Waals surface area (Å²) in [6.07, 6.45) is 0. The van der Waals surface area contributed by atoms with Crippen LogP contribution >= 0.6 is 0 Å². The molecule has 0 unspecified atom stereocenters. The zero-order valence-electron chi connectivity index (χ0n) is 13.8. The summed E-state index contributed by atoms with van der Waals surface area (Å²) in [7, 11) is 0. The van der Waals surface area contributed by atoms with Gasteiger partial charge in [0.25, 0.3) is 0 Å². The minimum Gasteiger partial charge on any atom is -0.493 e. The van der Waals surface area contributed by atoms with Gasteiger partial charge < -0.3 is 14.9 Å². The van der Waals surface area contributed by atoms with Gasteiger partial charge in [0.2, 0.25) is 0 Å². The first-order valence-corrected chi connectivity index (χ1v) is 7.26. The van der Waals surface area contributed by atoms with E-state index in [1.807, 2.05) is 0 Å². The summed E-state index contributed by atoms with van der Waals surface area (Å²) in [6.45, 7) is 8.25. The Hall–Kier alpha value is -2.48. The van der Waals surface area contributed by atoms with E-state index in [4.69, 9.17) is 14.9 Å². The molecule has 0 aromatic heterocycles. The average Bonchev–Trinajstić information content (AvgIpc) is 2.43. The number of carbonyl (C=O) groups is 2. The minimum absolute atomic E-state index is 0.0204. The van der Waals surface area contributed by atoms with Crippen molar-refractivity contribution in [2.75, 3.05) is 6.61 Å². The van der Waals surface area contributed by atoms with E-state index < -0.39 is 23.8 Å². The van der Waals surface area contributed by atoms with E-state index in [0.29, 0.717) is 17.9 Å². The van der Waals surface area contributed by atoms with E-state index in [1.54, 1.807) is 31.2 Å². The van der Waals surface area contributed by atoms with E-state index in [9.17, 15) is 9.59 Å². The Morgan fingerprint density at radius 1 is 1.13 bits per heavy atom. The molecule has 0 saturated carbocycles. The van der Waals surface area contributed by atoms with Gasteiger partial charge in [-0.1, -0.05) is 38.8 Å². The van der Waals surface area contributed by atoms with Crippen LogP contribution in [0.1, 0.15) is 39.2 Å². The number of hydrogen-bond donors (Lipinski definition) is 2. The van der Waals surface area contributed by atoms with Gasteiger partial charge in [-0.25, -0.2) is 0 Å². The van der Waals surface area contributed by atoms with Crippen LogP contribution in [-0.2, 0) is 9.59 Å². The zero-order valence-corrected chi connectivity index (χ0v) is 13.8. The smallest absolute Gasteiger partial charge is 0.319 e. The van der Waals surface area contributed by atoms with Crippen molar-refractivity contribution in [3.8, 4) is 17.6 Å². The predicted octanol–water partition coefficient (Wildman–Crippen LogP) is 3.00. The lowest BCUT2D eigenvalue weighted by Crippen LogP contribution is -2.29. The molecule has 1 aromatic rings. The molecule has 0 heterocycles. The Morgan fingerprint density at radius 2 is 1.65 bits per heavy atom. The fraction of sp³-hybridized carbons (Fsp3) is 0.444. The quantitative estimate of drug-likeness (QED) is 0.622. The van der Waals surface area contributed by atoms with Crippen LogP contribution in [-0.4, -0.2) is 28.8 Å². The second kappa shape index (κ2) is 7.68. The number of hydrogen-bond acceptors (Lipinski definition) is 3. The fourth-order valence-corrected chi connectivity index (χ4v) is 1.98. The Morgan fingerprint density at radius 3 is 2.04 bits per heavy atom. The Bertz CT molecular complexity index is 600. The highest BCUT2D eigenvalue weighted by Gasteiger charge is 2.35. The van der Waals surface area contributed by atoms with Gasteiger partial charge in [0.05, 0.1) is 12.5 Å². The van der Waals surface area contributed by atoms with Gasteiger partial charge in [-0.15, -0.1) is 5.92 Å². The summed E-state index contributed by atoms with van der Waals surface area (Å²) in [5.41, 5.74) is 0.560. The van der Waals surface area contributed by atoms with Crippen LogP contribution in [0.3, 0.4) is 0 Å². The molecule has 1 atom stereocenters. The maximum atomic E-state index is 11.2. The van der Waals surface area contributed by atoms with Crippen LogP contribution in [0, 0.1) is 23.2 Å². The summed E-state index contributed by atoms with van der Waals surface area (Å²) in [5, 5.41) is 18.3. The molecule has 1 rings (SSSR count). The highest BCUT2D eigenvalue weighted by molar-refractivity contribution is 5.94. The highest BCUT2D eigenvalue weighted by atomic mass is 16.5. The van der Waals surface area contributed by atoms with Gasteiger partial charge in [-0.3, -0.25) is 9.59 Å². The summed E-state index contributed by atoms with van der Waals surface area (Å²) >= 11 is 0. The second-order valence-electron chi connectivity index (χ2n) is 6.44. The molecule has 0 spiro atoms. The van der Waals surface area contributed by atoms with Gasteiger partial charge in [0.1, 0.15) is 5.75 Å². The molecule has 0 amide bonds. The molecule has 0 fully saturated rings. The minimum atomic E-state index is -1.61. The molecule has 0 aliphatic carbocycles. The summed E-state index contributed by atoms with van der Waals surface area (Å²) in [4.78, 5) is 22.5. The van der Waals surface area contributed by atoms with Crippen LogP contribution < -0.4 is 4.74 Å². The Balaban J connectivity index is 3.03. The topological polar surface area (TPSA) is 83.8 Å². The third kappa shape index (κ3) is 5.67. The first-order valence-electron chi connectivity index (χ1n) is 7.26. The molecule has 5 nitrogen and oxygen atoms in total. The lowest BCUT2D eigenvalue weighted by atomic mass is 9.86. The number of benzene rings is 1. The van der Waals surface area contributed by atoms with Gasteiger partial charge in [-0.05, 0) is 30.0 Å². The standard InChI is InChI=1S/C18H22O5/c1-5-6-14(15(16(19)20)17(21)22)12-7-9-13(10-8-12)23-11-18(2,3)4/h7-10,14-15H,11H2,1-4H3,(H,19,20)(H,21,22)/t14-/m0/s1. The van der Waals surface area contributed by atoms with E-state index in [2.05, 4.69) is 32.6 Å². The summed E-state index contributed by atoms with van der Waals surface area (Å²) in [5.74, 6) is 0.614. The Labute approximate surface area is 136 Å². The fourth-order valence-electron chi connectivity index (χ4n) is 1.98. The van der Waals surface area contributed by atoms with Gasteiger partial charge in [0.15, 0.2) is 5.92 Å². The average molecular weight is 318 g/mol. The van der Waals surface area contributed by atoms with Crippen molar-refractivity contribution in [1.29, 1.82) is 0 Å². The molecule has 2 N–H and O–H groups in total. The van der Waals surface area contributed by atoms with Crippen LogP contribution in [0.25, 0.3) is 0 Å². The molecule has 0 saturated heterocycles. The van der Waals surface area contributed by atoms with Crippen LogP contribution in [0.15, 0.2) is 24.3 Å². The first-order chi connectivity index (χ1) is 10.7. The maximum absolute atomic E-state index is 11.2. The molecular weight excluding hydrogens is 296 g/mol. The van der Waals surface area contributed by atoms with E-state index in [-0.39, 0.29) is 5.41 Å². The molecule has 5 heteroatoms. The van der Waals surface area contributed by atoms with Gasteiger partial charge >= 0.3 is 11.9 Å². The van der Waals surface area contributed by atoms with E-state index in [1.165, 1.54) is 0 Å². The van der Waals surface area contributed by atoms with Gasteiger partial charge in [0, 0.05) is 0 Å². The number of carboxylic acids is 2. The van der Waals surface area contributed by atoms with Crippen molar-refractivity contribution in [2.45, 2.75) is 33.6 Å². The zero-order chi connectivity index (χ0) is 17.6. The van der Waals surface area contributed by atoms with Gasteiger partial charge in [-0.2, -0.15) is 0 Å². The third-order valence-corrected chi connectivity index (χ3v) is 3.08. The molecule has 1 aromatic carbocycles. The lowest BCUT2D eigenvalue weighted by molar-refractivity contribution is -0.154. The number of ether oxygens (including phenoxy) is 1. The van der Waals surface area contributed by atoms with Crippen LogP contribution in [0.2, 0.25) is 0 Å². The molecule has 23 heavy (non-hydrogen) atoms. The Kier molecular flexibility index (Phi) is 6.20. The van der Waals surface area contributed by atoms with Crippen LogP contribution in [0.4, 0.5) is 0 Å². The predicted molar refractivity (Wildman–Crippen MR) is 86.3 cm³/mol. The van der Waals surface area contributed by atoms with E-state index >= 15 is 0 Å². The van der Waals surface area contributed by atoms with Crippen LogP contribution in [0.5, 0.6) is 5.75 Å². The normalized spacial score (nSPS) is 12.2. The third-order valence-electron chi connectivity index (χ3n) is 3.08. The first kappa shape index (κ1) is 18.6. The number of rotatable bonds is 6. The van der Waals surface area contributed by atoms with E-state index in [0.717, 1.165) is 0 Å². The van der Waals surface area contributed by atoms with Crippen molar-refractivity contribution >= 4 is 11.9 Å². The largest absolute Gasteiger partial charge is 0.493 e. The van der Waals surface area contributed by atoms with Crippen molar-refractivity contribution in [2.24, 2.45) is 11.3 Å². The SMILES string of the molecule is CC#C[C@@H](c1ccc(OCC(C)(C)C)cc1)C(C(=O)O)C(=O)O. The van der Waals surface area contributed by atoms with Crippen molar-refractivity contribution in [3.05, 3.63) is 29.8 Å². The molecule has 0 aliphatic heterocycles. The molecular formula is C18H22O5. The number of carboxylic acid groups (broad SMARTS) is 2. The summed E-state index contributed by atoms with van der Waals surface area (Å²) in [6, 6.07) is 6.72. The molecule has 124 valence electrons. The maximum Gasteiger partial charge on any atom is 0.319 e. The lowest BCUT2D eigenvalue weighted by Gasteiger charge is -2.20. The van der Waals surface area contributed by atoms with Crippen molar-refractivity contribution in [3.63, 3.8) is 0 Å². The second-order valence-corrected chi connectivity index (χ2v) is 6.44. The highest BCUT2D eigenvalue weighted by Crippen LogP contribution is 2.27. The van der Waals surface area contributed by atoms with Crippen molar-refractivity contribution in [1.82, 2.24) is 0 Å². The molecule has 0 bridgehead atoms. The summed E-state index contributed by atoms with van der Waals surface area (Å²) < 4.78 is 5.65. The van der Waals surface area contributed by atoms with Crippen molar-refractivity contribution < 1.29 is 24.5 Å². The molecule has 0 aliphatic rings. The monoisotopic (exact) mass is 318 g/mol.